The largest absolute Gasteiger partial charge is 0.396 e. The Morgan fingerprint density at radius 3 is 1.51 bits per heavy atom. The van der Waals surface area contributed by atoms with Crippen LogP contribution in [0.3, 0.4) is 0 Å². The molecule has 0 saturated carbocycles. The Morgan fingerprint density at radius 1 is 0.796 bits per heavy atom. The molecule has 2 heterocycles. The van der Waals surface area contributed by atoms with E-state index in [1.807, 2.05) is 15.9 Å². The van der Waals surface area contributed by atoms with Gasteiger partial charge in [0.05, 0.1) is 11.1 Å². The predicted octanol–water partition coefficient (Wildman–Crippen LogP) is 8.35. The molecule has 49 heavy (non-hydrogen) atoms. The van der Waals surface area contributed by atoms with Gasteiger partial charge in [-0.15, -0.1) is 6.58 Å². The van der Waals surface area contributed by atoms with E-state index in [4.69, 9.17) is 0 Å². The second-order valence-corrected chi connectivity index (χ2v) is 15.3. The molecule has 4 rings (SSSR count). The third-order valence-electron chi connectivity index (χ3n) is 10.3. The number of amides is 4. The lowest BCUT2D eigenvalue weighted by Crippen LogP contribution is -2.61. The van der Waals surface area contributed by atoms with Crippen molar-refractivity contribution in [2.24, 2.45) is 10.8 Å². The van der Waals surface area contributed by atoms with Crippen LogP contribution < -0.4 is 10.6 Å². The second kappa shape index (κ2) is 17.5. The molecule has 0 spiro atoms. The fraction of sp³-hybridized carbons (Fsp3) is 0.590. The highest BCUT2D eigenvalue weighted by Crippen LogP contribution is 2.37. The lowest BCUT2D eigenvalue weighted by Gasteiger charge is -2.47. The van der Waals surface area contributed by atoms with Crippen LogP contribution in [0.1, 0.15) is 106 Å². The summed E-state index contributed by atoms with van der Waals surface area (Å²) in [6, 6.07) is 12.8. The average molecular weight is 682 g/mol. The monoisotopic (exact) mass is 681 g/mol. The Hall–Kier alpha value is -3.40. The summed E-state index contributed by atoms with van der Waals surface area (Å²) in [5, 5.41) is 15.6. The minimum atomic E-state index is -0.540. The molecule has 0 aromatic heterocycles. The van der Waals surface area contributed by atoms with Gasteiger partial charge in [0.1, 0.15) is 11.6 Å². The number of halogens is 2. The van der Waals surface area contributed by atoms with E-state index in [2.05, 4.69) is 72.6 Å². The molecule has 4 amide bonds. The van der Waals surface area contributed by atoms with Crippen molar-refractivity contribution in [1.29, 1.82) is 0 Å². The normalized spacial score (nSPS) is 22.3. The van der Waals surface area contributed by atoms with Crippen LogP contribution in [0, 0.1) is 22.5 Å². The molecule has 2 fully saturated rings. The number of aliphatic hydroxyl groups is 1. The van der Waals surface area contributed by atoms with Gasteiger partial charge in [-0.05, 0) is 92.2 Å². The molecule has 7 nitrogen and oxygen atoms in total. The van der Waals surface area contributed by atoms with E-state index >= 15 is 0 Å². The van der Waals surface area contributed by atoms with Crippen LogP contribution in [0.4, 0.5) is 18.4 Å². The number of benzene rings is 2. The fourth-order valence-electron chi connectivity index (χ4n) is 6.38. The smallest absolute Gasteiger partial charge is 0.318 e. The number of hydrogen-bond donors (Lipinski definition) is 3. The molecule has 3 radical (unpaired) electrons. The molecular weight excluding hydrogens is 621 g/mol. The molecule has 4 atom stereocenters. The molecule has 271 valence electrons. The number of urea groups is 2. The summed E-state index contributed by atoms with van der Waals surface area (Å²) in [6.07, 6.45) is 5.18. The summed E-state index contributed by atoms with van der Waals surface area (Å²) < 4.78 is 26.5. The standard InChI is InChI=1S/C19H29FN2O2.C19H27FN2O.CH4.B/c1-14(18(2,3)4)22-12-11-19(10-5-13-23,21-17(22)24)15-6-8-16(20)9-7-15;1-6-11-19(15-7-9-16(20)10-8-15)12-13-22(17(23)21-19)14(2)18(3,4)5;;/h6-9,14,23H,5,10-13H2,1-4H3,(H,21,24);6-10,14H,1,11-13H2,2-5H3,(H,21,23);1H4;/t2*14-,19+;;/m00../s1. The highest BCUT2D eigenvalue weighted by atomic mass is 19.1. The van der Waals surface area contributed by atoms with Crippen molar-refractivity contribution in [2.75, 3.05) is 19.7 Å². The van der Waals surface area contributed by atoms with Gasteiger partial charge in [-0.25, -0.2) is 18.4 Å². The number of aliphatic hydroxyl groups excluding tert-OH is 1. The van der Waals surface area contributed by atoms with E-state index in [1.54, 1.807) is 24.3 Å². The third kappa shape index (κ3) is 10.5. The maximum Gasteiger partial charge on any atom is 0.318 e. The van der Waals surface area contributed by atoms with Crippen LogP contribution in [0.15, 0.2) is 61.2 Å². The van der Waals surface area contributed by atoms with Gasteiger partial charge in [-0.3, -0.25) is 0 Å². The first kappa shape index (κ1) is 43.6. The van der Waals surface area contributed by atoms with Crippen molar-refractivity contribution >= 4 is 20.5 Å². The molecule has 2 aliphatic rings. The molecule has 0 unspecified atom stereocenters. The van der Waals surface area contributed by atoms with Crippen LogP contribution in [0.2, 0.25) is 0 Å². The van der Waals surface area contributed by atoms with Crippen molar-refractivity contribution in [2.45, 2.75) is 118 Å². The highest BCUT2D eigenvalue weighted by molar-refractivity contribution is 5.77. The zero-order valence-electron chi connectivity index (χ0n) is 30.2. The first-order chi connectivity index (χ1) is 21.9. The molecule has 0 bridgehead atoms. The van der Waals surface area contributed by atoms with Gasteiger partial charge in [0.15, 0.2) is 0 Å². The van der Waals surface area contributed by atoms with Crippen LogP contribution in [-0.2, 0) is 11.1 Å². The first-order valence-corrected chi connectivity index (χ1v) is 16.8. The molecule has 3 N–H and O–H groups in total. The Labute approximate surface area is 296 Å². The van der Waals surface area contributed by atoms with Crippen LogP contribution in [-0.4, -0.2) is 67.2 Å². The van der Waals surface area contributed by atoms with Crippen LogP contribution in [0.25, 0.3) is 0 Å². The predicted molar refractivity (Wildman–Crippen MR) is 197 cm³/mol. The van der Waals surface area contributed by atoms with Crippen LogP contribution in [0.5, 0.6) is 0 Å². The molecule has 2 saturated heterocycles. The summed E-state index contributed by atoms with van der Waals surface area (Å²) in [5.41, 5.74) is 0.802. The van der Waals surface area contributed by atoms with E-state index in [0.717, 1.165) is 24.0 Å². The summed E-state index contributed by atoms with van der Waals surface area (Å²) in [7, 11) is 0. The SMILES string of the molecule is C.C=CC[C@]1(c2ccc(F)cc2)CCN([C@@H](C)C(C)(C)C)C(=O)N1.C[C@H](N1CC[C@](CCCO)(c2ccc(F)cc2)NC1=O)C(C)(C)C.[B]. The topological polar surface area (TPSA) is 84.9 Å². The number of nitrogens with zero attached hydrogens (tertiary/aromatic N) is 2. The molecular formula is C39H60BF2N4O3. The molecule has 2 aromatic carbocycles. The maximum atomic E-state index is 13.3. The zero-order valence-corrected chi connectivity index (χ0v) is 30.2. The minimum absolute atomic E-state index is 0. The molecule has 10 heteroatoms. The van der Waals surface area contributed by atoms with Crippen molar-refractivity contribution in [3.63, 3.8) is 0 Å². The Morgan fingerprint density at radius 2 is 1.16 bits per heavy atom. The van der Waals surface area contributed by atoms with Gasteiger partial charge < -0.3 is 25.5 Å². The van der Waals surface area contributed by atoms with Crippen molar-refractivity contribution in [3.05, 3.63) is 83.9 Å². The lowest BCUT2D eigenvalue weighted by atomic mass is 9.79. The van der Waals surface area contributed by atoms with Gasteiger partial charge in [-0.1, -0.05) is 79.3 Å². The molecule has 2 aromatic rings. The average Bonchev–Trinajstić information content (AvgIpc) is 3.00. The van der Waals surface area contributed by atoms with Gasteiger partial charge in [-0.2, -0.15) is 0 Å². The number of hydrogen-bond acceptors (Lipinski definition) is 3. The Kier molecular flexibility index (Phi) is 15.6. The second-order valence-electron chi connectivity index (χ2n) is 15.3. The van der Waals surface area contributed by atoms with E-state index < -0.39 is 11.1 Å². The molecule has 0 aliphatic carbocycles. The quantitative estimate of drug-likeness (QED) is 0.184. The molecule has 2 aliphatic heterocycles. The lowest BCUT2D eigenvalue weighted by molar-refractivity contribution is 0.0812. The Bertz CT molecular complexity index is 1360. The van der Waals surface area contributed by atoms with E-state index in [1.165, 1.54) is 24.3 Å². The number of nitrogens with one attached hydrogen (secondary N) is 2. The zero-order chi connectivity index (χ0) is 35.2. The van der Waals surface area contributed by atoms with Gasteiger partial charge in [0.25, 0.3) is 0 Å². The number of carbonyl (C=O) groups excluding carboxylic acids is 2. The Balaban J connectivity index is 0.000000471. The number of carbonyl (C=O) groups is 2. The fourth-order valence-corrected chi connectivity index (χ4v) is 6.38. The highest BCUT2D eigenvalue weighted by Gasteiger charge is 2.43. The van der Waals surface area contributed by atoms with Gasteiger partial charge >= 0.3 is 12.1 Å². The van der Waals surface area contributed by atoms with Gasteiger partial charge in [0, 0.05) is 40.2 Å². The van der Waals surface area contributed by atoms with Crippen molar-refractivity contribution in [3.8, 4) is 0 Å². The van der Waals surface area contributed by atoms with Gasteiger partial charge in [0.2, 0.25) is 0 Å². The number of rotatable bonds is 9. The summed E-state index contributed by atoms with van der Waals surface area (Å²) in [4.78, 5) is 29.3. The summed E-state index contributed by atoms with van der Waals surface area (Å²) >= 11 is 0. The first-order valence-electron chi connectivity index (χ1n) is 16.8. The van der Waals surface area contributed by atoms with Crippen molar-refractivity contribution < 1.29 is 23.5 Å². The maximum absolute atomic E-state index is 13.3. The summed E-state index contributed by atoms with van der Waals surface area (Å²) in [6.45, 7) is 22.1. The van der Waals surface area contributed by atoms with Crippen molar-refractivity contribution in [1.82, 2.24) is 20.4 Å². The summed E-state index contributed by atoms with van der Waals surface area (Å²) in [5.74, 6) is -0.561. The van der Waals surface area contributed by atoms with E-state index in [-0.39, 0.29) is 69.1 Å². The van der Waals surface area contributed by atoms with E-state index in [0.29, 0.717) is 32.4 Å². The minimum Gasteiger partial charge on any atom is -0.396 e. The van der Waals surface area contributed by atoms with Crippen LogP contribution >= 0.6 is 0 Å². The third-order valence-corrected chi connectivity index (χ3v) is 10.3. The van der Waals surface area contributed by atoms with E-state index in [9.17, 15) is 23.5 Å².